The summed E-state index contributed by atoms with van der Waals surface area (Å²) in [7, 11) is 0. The van der Waals surface area contributed by atoms with E-state index in [9.17, 15) is 0 Å². The number of aromatic nitrogens is 2. The number of H-pyrrole nitrogens is 1. The van der Waals surface area contributed by atoms with Gasteiger partial charge in [-0.25, -0.2) is 0 Å². The highest BCUT2D eigenvalue weighted by atomic mass is 16.5. The van der Waals surface area contributed by atoms with Gasteiger partial charge >= 0.3 is 0 Å². The normalized spacial score (nSPS) is 10.8. The standard InChI is InChI=1S/C16H17N3O2/c1-3-20-13-6-4-11(5-7-13)14-15(18-19-16(14)17)12-8-10(2)21-9-12/h4-9H,3H2,1-2H3,(H3,17,18,19). The molecule has 2 aromatic heterocycles. The summed E-state index contributed by atoms with van der Waals surface area (Å²) in [5.41, 5.74) is 9.65. The second-order valence-electron chi connectivity index (χ2n) is 4.76. The number of nitrogens with one attached hydrogen (secondary N) is 1. The average Bonchev–Trinajstić information content (AvgIpc) is 3.06. The highest BCUT2D eigenvalue weighted by Crippen LogP contribution is 2.35. The van der Waals surface area contributed by atoms with E-state index in [0.29, 0.717) is 12.4 Å². The van der Waals surface area contributed by atoms with Crippen molar-refractivity contribution in [2.75, 3.05) is 12.3 Å². The SMILES string of the molecule is CCOc1ccc(-c2c(N)n[nH]c2-c2coc(C)c2)cc1. The second-order valence-corrected chi connectivity index (χ2v) is 4.76. The summed E-state index contributed by atoms with van der Waals surface area (Å²) in [6.07, 6.45) is 1.69. The number of aryl methyl sites for hydroxylation is 1. The van der Waals surface area contributed by atoms with Crippen molar-refractivity contribution in [1.29, 1.82) is 0 Å². The zero-order chi connectivity index (χ0) is 14.8. The van der Waals surface area contributed by atoms with E-state index < -0.39 is 0 Å². The molecule has 0 aliphatic heterocycles. The first-order valence-corrected chi connectivity index (χ1v) is 6.81. The molecule has 5 heteroatoms. The Labute approximate surface area is 122 Å². The van der Waals surface area contributed by atoms with Gasteiger partial charge in [0.2, 0.25) is 0 Å². The summed E-state index contributed by atoms with van der Waals surface area (Å²) in [5, 5.41) is 7.09. The minimum atomic E-state index is 0.466. The van der Waals surface area contributed by atoms with Gasteiger partial charge in [0.1, 0.15) is 17.8 Å². The van der Waals surface area contributed by atoms with Crippen molar-refractivity contribution in [3.05, 3.63) is 42.4 Å². The number of hydrogen-bond donors (Lipinski definition) is 2. The van der Waals surface area contributed by atoms with Crippen LogP contribution in [-0.2, 0) is 0 Å². The van der Waals surface area contributed by atoms with Crippen molar-refractivity contribution < 1.29 is 9.15 Å². The maximum absolute atomic E-state index is 6.01. The van der Waals surface area contributed by atoms with Crippen molar-refractivity contribution in [3.8, 4) is 28.1 Å². The number of hydrogen-bond acceptors (Lipinski definition) is 4. The van der Waals surface area contributed by atoms with Crippen LogP contribution in [0.25, 0.3) is 22.4 Å². The van der Waals surface area contributed by atoms with Crippen LogP contribution in [0.5, 0.6) is 5.75 Å². The van der Waals surface area contributed by atoms with Gasteiger partial charge in [-0.1, -0.05) is 12.1 Å². The zero-order valence-corrected chi connectivity index (χ0v) is 12.0. The molecule has 0 aliphatic rings. The van der Waals surface area contributed by atoms with E-state index >= 15 is 0 Å². The number of furan rings is 1. The molecule has 108 valence electrons. The van der Waals surface area contributed by atoms with Gasteiger partial charge in [-0.3, -0.25) is 5.10 Å². The van der Waals surface area contributed by atoms with Gasteiger partial charge in [-0.05, 0) is 37.6 Å². The van der Waals surface area contributed by atoms with E-state index in [-0.39, 0.29) is 0 Å². The number of anilines is 1. The molecule has 3 rings (SSSR count). The molecular weight excluding hydrogens is 266 g/mol. The Balaban J connectivity index is 2.04. The van der Waals surface area contributed by atoms with E-state index in [1.54, 1.807) is 6.26 Å². The molecule has 0 fully saturated rings. The lowest BCUT2D eigenvalue weighted by Crippen LogP contribution is -1.92. The van der Waals surface area contributed by atoms with Crippen LogP contribution in [0.4, 0.5) is 5.82 Å². The molecule has 0 radical (unpaired) electrons. The van der Waals surface area contributed by atoms with Crippen molar-refractivity contribution >= 4 is 5.82 Å². The molecule has 1 aromatic carbocycles. The maximum atomic E-state index is 6.01. The Kier molecular flexibility index (Phi) is 3.39. The Morgan fingerprint density at radius 3 is 2.62 bits per heavy atom. The monoisotopic (exact) mass is 283 g/mol. The molecule has 21 heavy (non-hydrogen) atoms. The van der Waals surface area contributed by atoms with Gasteiger partial charge in [0, 0.05) is 5.56 Å². The molecule has 2 heterocycles. The minimum absolute atomic E-state index is 0.466. The lowest BCUT2D eigenvalue weighted by molar-refractivity contribution is 0.340. The third kappa shape index (κ3) is 2.50. The first-order valence-electron chi connectivity index (χ1n) is 6.81. The van der Waals surface area contributed by atoms with Crippen LogP contribution in [0.3, 0.4) is 0 Å². The van der Waals surface area contributed by atoms with Crippen molar-refractivity contribution in [1.82, 2.24) is 10.2 Å². The Morgan fingerprint density at radius 2 is 2.00 bits per heavy atom. The van der Waals surface area contributed by atoms with E-state index in [0.717, 1.165) is 33.9 Å². The summed E-state index contributed by atoms with van der Waals surface area (Å²) >= 11 is 0. The fourth-order valence-electron chi connectivity index (χ4n) is 2.32. The minimum Gasteiger partial charge on any atom is -0.494 e. The van der Waals surface area contributed by atoms with Crippen LogP contribution in [0.2, 0.25) is 0 Å². The predicted molar refractivity (Wildman–Crippen MR) is 82.0 cm³/mol. The molecule has 3 N–H and O–H groups in total. The van der Waals surface area contributed by atoms with Crippen LogP contribution < -0.4 is 10.5 Å². The van der Waals surface area contributed by atoms with Gasteiger partial charge in [0.15, 0.2) is 5.82 Å². The smallest absolute Gasteiger partial charge is 0.153 e. The lowest BCUT2D eigenvalue weighted by Gasteiger charge is -2.06. The number of ether oxygens (including phenoxy) is 1. The average molecular weight is 283 g/mol. The molecule has 0 saturated carbocycles. The van der Waals surface area contributed by atoms with Crippen LogP contribution in [0, 0.1) is 6.92 Å². The summed E-state index contributed by atoms with van der Waals surface area (Å²) in [5.74, 6) is 2.15. The number of nitrogen functional groups attached to an aromatic ring is 1. The Morgan fingerprint density at radius 1 is 1.24 bits per heavy atom. The van der Waals surface area contributed by atoms with Gasteiger partial charge in [-0.2, -0.15) is 5.10 Å². The van der Waals surface area contributed by atoms with Crippen LogP contribution >= 0.6 is 0 Å². The van der Waals surface area contributed by atoms with E-state index in [1.165, 1.54) is 0 Å². The molecule has 0 bridgehead atoms. The number of rotatable bonds is 4. The Bertz CT molecular complexity index is 741. The quantitative estimate of drug-likeness (QED) is 0.766. The lowest BCUT2D eigenvalue weighted by atomic mass is 10.0. The van der Waals surface area contributed by atoms with Gasteiger partial charge in [-0.15, -0.1) is 0 Å². The van der Waals surface area contributed by atoms with Crippen molar-refractivity contribution in [3.63, 3.8) is 0 Å². The van der Waals surface area contributed by atoms with Crippen LogP contribution in [-0.4, -0.2) is 16.8 Å². The summed E-state index contributed by atoms with van der Waals surface area (Å²) < 4.78 is 10.8. The zero-order valence-electron chi connectivity index (χ0n) is 12.0. The van der Waals surface area contributed by atoms with Gasteiger partial charge in [0.05, 0.1) is 17.9 Å². The number of nitrogens with zero attached hydrogens (tertiary/aromatic N) is 1. The molecule has 3 aromatic rings. The molecule has 0 aliphatic carbocycles. The van der Waals surface area contributed by atoms with E-state index in [2.05, 4.69) is 10.2 Å². The maximum Gasteiger partial charge on any atom is 0.153 e. The number of nitrogens with two attached hydrogens (primary N) is 1. The predicted octanol–water partition coefficient (Wildman–Crippen LogP) is 3.63. The van der Waals surface area contributed by atoms with Gasteiger partial charge in [0.25, 0.3) is 0 Å². The first-order chi connectivity index (χ1) is 10.2. The van der Waals surface area contributed by atoms with Gasteiger partial charge < -0.3 is 14.9 Å². The molecule has 5 nitrogen and oxygen atoms in total. The molecular formula is C16H17N3O2. The largest absolute Gasteiger partial charge is 0.494 e. The van der Waals surface area contributed by atoms with E-state index in [4.69, 9.17) is 14.9 Å². The van der Waals surface area contributed by atoms with Crippen molar-refractivity contribution in [2.24, 2.45) is 0 Å². The summed E-state index contributed by atoms with van der Waals surface area (Å²) in [4.78, 5) is 0. The van der Waals surface area contributed by atoms with Crippen molar-refractivity contribution in [2.45, 2.75) is 13.8 Å². The molecule has 0 spiro atoms. The molecule has 0 saturated heterocycles. The highest BCUT2D eigenvalue weighted by molar-refractivity contribution is 5.87. The number of benzene rings is 1. The number of aromatic amines is 1. The second kappa shape index (κ2) is 5.36. The van der Waals surface area contributed by atoms with Crippen LogP contribution in [0.15, 0.2) is 41.0 Å². The highest BCUT2D eigenvalue weighted by Gasteiger charge is 2.16. The topological polar surface area (TPSA) is 77.1 Å². The molecule has 0 unspecified atom stereocenters. The molecule has 0 atom stereocenters. The molecule has 0 amide bonds. The fourth-order valence-corrected chi connectivity index (χ4v) is 2.32. The van der Waals surface area contributed by atoms with E-state index in [1.807, 2.05) is 44.2 Å². The first kappa shape index (κ1) is 13.3. The third-order valence-corrected chi connectivity index (χ3v) is 3.27. The summed E-state index contributed by atoms with van der Waals surface area (Å²) in [6, 6.07) is 9.75. The Hall–Kier alpha value is -2.69. The van der Waals surface area contributed by atoms with Crippen LogP contribution in [0.1, 0.15) is 12.7 Å². The fraction of sp³-hybridized carbons (Fsp3) is 0.188. The third-order valence-electron chi connectivity index (χ3n) is 3.27. The summed E-state index contributed by atoms with van der Waals surface area (Å²) in [6.45, 7) is 4.51.